The summed E-state index contributed by atoms with van der Waals surface area (Å²) in [4.78, 5) is 24.7. The Kier molecular flexibility index (Phi) is 3.15. The van der Waals surface area contributed by atoms with Crippen molar-refractivity contribution in [3.63, 3.8) is 0 Å². The van der Waals surface area contributed by atoms with Crippen LogP contribution in [-0.4, -0.2) is 22.8 Å². The molecule has 1 N–H and O–H groups in total. The van der Waals surface area contributed by atoms with E-state index in [2.05, 4.69) is 37.2 Å². The molecule has 2 aliphatic carbocycles. The summed E-state index contributed by atoms with van der Waals surface area (Å²) in [5.74, 6) is -0.431. The first-order valence-corrected chi connectivity index (χ1v) is 8.68. The molecule has 6 atom stereocenters. The highest BCUT2D eigenvalue weighted by molar-refractivity contribution is 9.10. The molecule has 1 amide bonds. The highest BCUT2D eigenvalue weighted by Gasteiger charge is 2.67. The van der Waals surface area contributed by atoms with Gasteiger partial charge in [0.1, 0.15) is 6.10 Å². The molecular formula is C15H13Br2NO3. The fourth-order valence-corrected chi connectivity index (χ4v) is 5.40. The number of anilines is 1. The number of fused-ring (bicyclic) bond motifs is 1. The van der Waals surface area contributed by atoms with Gasteiger partial charge in [0.2, 0.25) is 5.91 Å². The van der Waals surface area contributed by atoms with Gasteiger partial charge in [-0.1, -0.05) is 31.9 Å². The standard InChI is InChI=1S/C15H13Br2NO3/c16-6-1-3-7(4-2-6)18-14(19)10-8-5-9-11(10)15(20)21-13(9)12(8)17/h1-4,8-13H,5H2,(H,18,19). The Labute approximate surface area is 138 Å². The molecule has 0 aromatic heterocycles. The molecule has 4 nitrogen and oxygen atoms in total. The van der Waals surface area contributed by atoms with Crippen molar-refractivity contribution in [1.82, 2.24) is 0 Å². The number of amides is 1. The van der Waals surface area contributed by atoms with Crippen LogP contribution in [-0.2, 0) is 14.3 Å². The average Bonchev–Trinajstić information content (AvgIpc) is 3.05. The number of ether oxygens (including phenoxy) is 1. The zero-order valence-corrected chi connectivity index (χ0v) is 14.1. The molecule has 1 aromatic carbocycles. The van der Waals surface area contributed by atoms with Crippen molar-refractivity contribution < 1.29 is 14.3 Å². The lowest BCUT2D eigenvalue weighted by Gasteiger charge is -2.27. The molecule has 6 unspecified atom stereocenters. The molecule has 1 saturated heterocycles. The van der Waals surface area contributed by atoms with Gasteiger partial charge in [0, 0.05) is 16.1 Å². The average molecular weight is 415 g/mol. The SMILES string of the molecule is O=C(Nc1ccc(Br)cc1)C1C2CC3C(OC(=O)C31)C2Br. The van der Waals surface area contributed by atoms with Gasteiger partial charge in [0.25, 0.3) is 0 Å². The molecule has 1 heterocycles. The second-order valence-electron chi connectivity index (χ2n) is 5.96. The molecule has 3 fully saturated rings. The van der Waals surface area contributed by atoms with E-state index in [0.717, 1.165) is 16.6 Å². The zero-order valence-electron chi connectivity index (χ0n) is 11.0. The van der Waals surface area contributed by atoms with Gasteiger partial charge in [-0.15, -0.1) is 0 Å². The summed E-state index contributed by atoms with van der Waals surface area (Å²) in [6, 6.07) is 7.44. The minimum atomic E-state index is -0.283. The largest absolute Gasteiger partial charge is 0.461 e. The smallest absolute Gasteiger partial charge is 0.310 e. The molecule has 1 aromatic rings. The third kappa shape index (κ3) is 1.99. The summed E-state index contributed by atoms with van der Waals surface area (Å²) in [6.07, 6.45) is 0.860. The minimum absolute atomic E-state index is 0.0377. The van der Waals surface area contributed by atoms with E-state index >= 15 is 0 Å². The van der Waals surface area contributed by atoms with Crippen LogP contribution in [0.5, 0.6) is 0 Å². The van der Waals surface area contributed by atoms with Gasteiger partial charge in [0.05, 0.1) is 16.7 Å². The van der Waals surface area contributed by atoms with Crippen molar-refractivity contribution in [3.05, 3.63) is 28.7 Å². The molecule has 0 spiro atoms. The van der Waals surface area contributed by atoms with Gasteiger partial charge in [-0.25, -0.2) is 0 Å². The Morgan fingerprint density at radius 3 is 2.67 bits per heavy atom. The van der Waals surface area contributed by atoms with Crippen molar-refractivity contribution in [2.24, 2.45) is 23.7 Å². The number of hydrogen-bond acceptors (Lipinski definition) is 3. The fraction of sp³-hybridized carbons (Fsp3) is 0.467. The van der Waals surface area contributed by atoms with Crippen LogP contribution in [0.3, 0.4) is 0 Å². The van der Waals surface area contributed by atoms with Gasteiger partial charge >= 0.3 is 5.97 Å². The lowest BCUT2D eigenvalue weighted by Crippen LogP contribution is -2.40. The number of rotatable bonds is 2. The first kappa shape index (κ1) is 13.8. The molecule has 110 valence electrons. The topological polar surface area (TPSA) is 55.4 Å². The summed E-state index contributed by atoms with van der Waals surface area (Å²) < 4.78 is 6.39. The molecule has 3 aliphatic rings. The van der Waals surface area contributed by atoms with Crippen LogP contribution in [0.4, 0.5) is 5.69 Å². The van der Waals surface area contributed by atoms with E-state index in [4.69, 9.17) is 4.74 Å². The second-order valence-corrected chi connectivity index (χ2v) is 7.93. The Hall–Kier alpha value is -0.880. The maximum atomic E-state index is 12.6. The van der Waals surface area contributed by atoms with E-state index in [9.17, 15) is 9.59 Å². The molecule has 2 bridgehead atoms. The van der Waals surface area contributed by atoms with Crippen LogP contribution in [0.15, 0.2) is 28.7 Å². The number of halogens is 2. The Morgan fingerprint density at radius 2 is 1.95 bits per heavy atom. The van der Waals surface area contributed by atoms with Crippen LogP contribution in [0.2, 0.25) is 0 Å². The summed E-state index contributed by atoms with van der Waals surface area (Å²) in [5, 5.41) is 2.93. The van der Waals surface area contributed by atoms with Crippen molar-refractivity contribution in [2.75, 3.05) is 5.32 Å². The van der Waals surface area contributed by atoms with Crippen molar-refractivity contribution >= 4 is 49.4 Å². The number of carbonyl (C=O) groups is 2. The van der Waals surface area contributed by atoms with E-state index in [-0.39, 0.29) is 46.5 Å². The van der Waals surface area contributed by atoms with Crippen LogP contribution < -0.4 is 5.32 Å². The highest BCUT2D eigenvalue weighted by atomic mass is 79.9. The predicted molar refractivity (Wildman–Crippen MR) is 83.9 cm³/mol. The summed E-state index contributed by atoms with van der Waals surface area (Å²) >= 11 is 6.98. The molecule has 6 heteroatoms. The molecule has 0 radical (unpaired) electrons. The lowest BCUT2D eigenvalue weighted by molar-refractivity contribution is -0.145. The Bertz CT molecular complexity index is 618. The van der Waals surface area contributed by atoms with Crippen LogP contribution in [0.1, 0.15) is 6.42 Å². The number of esters is 1. The molecular weight excluding hydrogens is 402 g/mol. The lowest BCUT2D eigenvalue weighted by atomic mass is 9.79. The summed E-state index contributed by atoms with van der Waals surface area (Å²) in [7, 11) is 0. The molecule has 1 aliphatic heterocycles. The number of benzene rings is 1. The fourth-order valence-electron chi connectivity index (χ4n) is 4.09. The quantitative estimate of drug-likeness (QED) is 0.597. The summed E-state index contributed by atoms with van der Waals surface area (Å²) in [6.45, 7) is 0. The van der Waals surface area contributed by atoms with Gasteiger partial charge in [0.15, 0.2) is 0 Å². The van der Waals surface area contributed by atoms with Crippen LogP contribution in [0, 0.1) is 23.7 Å². The Balaban J connectivity index is 1.57. The van der Waals surface area contributed by atoms with Crippen molar-refractivity contribution in [3.8, 4) is 0 Å². The minimum Gasteiger partial charge on any atom is -0.461 e. The monoisotopic (exact) mass is 413 g/mol. The molecule has 4 rings (SSSR count). The van der Waals surface area contributed by atoms with E-state index in [1.807, 2.05) is 24.3 Å². The number of carbonyl (C=O) groups excluding carboxylic acids is 2. The van der Waals surface area contributed by atoms with Crippen molar-refractivity contribution in [2.45, 2.75) is 17.4 Å². The second kappa shape index (κ2) is 4.81. The normalized spacial score (nSPS) is 39.4. The maximum absolute atomic E-state index is 12.6. The first-order valence-electron chi connectivity index (χ1n) is 6.97. The van der Waals surface area contributed by atoms with Crippen LogP contribution in [0.25, 0.3) is 0 Å². The molecule has 2 saturated carbocycles. The van der Waals surface area contributed by atoms with E-state index in [0.29, 0.717) is 0 Å². The first-order chi connectivity index (χ1) is 10.1. The Morgan fingerprint density at radius 1 is 1.24 bits per heavy atom. The summed E-state index contributed by atoms with van der Waals surface area (Å²) in [5.41, 5.74) is 0.750. The third-order valence-corrected chi connectivity index (χ3v) is 6.67. The van der Waals surface area contributed by atoms with Crippen LogP contribution >= 0.6 is 31.9 Å². The highest BCUT2D eigenvalue weighted by Crippen LogP contribution is 2.60. The van der Waals surface area contributed by atoms with Crippen molar-refractivity contribution in [1.29, 1.82) is 0 Å². The van der Waals surface area contributed by atoms with E-state index in [1.165, 1.54) is 0 Å². The zero-order chi connectivity index (χ0) is 14.7. The third-order valence-electron chi connectivity index (χ3n) is 4.94. The van der Waals surface area contributed by atoms with Gasteiger partial charge < -0.3 is 10.1 Å². The predicted octanol–water partition coefficient (Wildman–Crippen LogP) is 2.96. The number of hydrogen-bond donors (Lipinski definition) is 1. The van der Waals surface area contributed by atoms with Gasteiger partial charge in [-0.2, -0.15) is 0 Å². The van der Waals surface area contributed by atoms with Gasteiger partial charge in [-0.05, 0) is 36.6 Å². The number of nitrogens with one attached hydrogen (secondary N) is 1. The van der Waals surface area contributed by atoms with E-state index in [1.54, 1.807) is 0 Å². The molecule has 21 heavy (non-hydrogen) atoms. The van der Waals surface area contributed by atoms with Gasteiger partial charge in [-0.3, -0.25) is 9.59 Å². The van der Waals surface area contributed by atoms with E-state index < -0.39 is 0 Å². The number of alkyl halides is 1. The maximum Gasteiger partial charge on any atom is 0.310 e.